The average Bonchev–Trinajstić information content (AvgIpc) is 3.34. The molecule has 4 rings (SSSR count). The van der Waals surface area contributed by atoms with Crippen LogP contribution in [-0.4, -0.2) is 76.3 Å². The van der Waals surface area contributed by atoms with Gasteiger partial charge in [0.15, 0.2) is 11.9 Å². The summed E-state index contributed by atoms with van der Waals surface area (Å²) in [7, 11) is 3.78. The second-order valence-electron chi connectivity index (χ2n) is 9.50. The van der Waals surface area contributed by atoms with E-state index in [1.54, 1.807) is 18.9 Å². The van der Waals surface area contributed by atoms with E-state index in [0.29, 0.717) is 24.4 Å². The molecule has 2 saturated heterocycles. The first kappa shape index (κ1) is 24.7. The summed E-state index contributed by atoms with van der Waals surface area (Å²) in [4.78, 5) is 41.0. The van der Waals surface area contributed by atoms with E-state index in [1.165, 1.54) is 16.7 Å². The molecule has 0 spiro atoms. The topological polar surface area (TPSA) is 117 Å². The van der Waals surface area contributed by atoms with Gasteiger partial charge in [0.1, 0.15) is 7.05 Å². The number of aromatic nitrogens is 1. The van der Waals surface area contributed by atoms with Crippen molar-refractivity contribution in [2.24, 2.45) is 18.9 Å². The van der Waals surface area contributed by atoms with Gasteiger partial charge in [-0.2, -0.15) is 0 Å². The van der Waals surface area contributed by atoms with Crippen molar-refractivity contribution < 1.29 is 29.2 Å². The highest BCUT2D eigenvalue weighted by Crippen LogP contribution is 2.51. The molecular weight excluding hydrogens is 456 g/mol. The van der Waals surface area contributed by atoms with Crippen molar-refractivity contribution in [2.45, 2.75) is 50.1 Å². The van der Waals surface area contributed by atoms with E-state index in [2.05, 4.69) is 5.32 Å². The van der Waals surface area contributed by atoms with Crippen molar-refractivity contribution >= 4 is 29.5 Å². The first-order chi connectivity index (χ1) is 16.1. The highest BCUT2D eigenvalue weighted by Gasteiger charge is 2.59. The predicted molar refractivity (Wildman–Crippen MR) is 124 cm³/mol. The minimum Gasteiger partial charge on any atom is -0.543 e. The SMILES string of the molecule is CC(O)[C@H]1C(=O)N2C(C(=O)[O-])=C(S[C@@H]3CN[C@H](C(=O)N(C)CCc4cccc[n+]4C)C3)[C@H](C)[C@H]12. The van der Waals surface area contributed by atoms with Gasteiger partial charge in [0, 0.05) is 48.3 Å². The molecule has 1 aromatic rings. The number of amides is 2. The summed E-state index contributed by atoms with van der Waals surface area (Å²) in [5.41, 5.74) is 1.06. The molecule has 1 unspecified atom stereocenters. The lowest BCUT2D eigenvalue weighted by atomic mass is 9.79. The minimum atomic E-state index is -1.37. The van der Waals surface area contributed by atoms with Gasteiger partial charge in [-0.05, 0) is 13.3 Å². The molecule has 2 amide bonds. The fourth-order valence-electron chi connectivity index (χ4n) is 5.31. The number of β-lactam (4-membered cyclic amide) rings is 1. The van der Waals surface area contributed by atoms with Crippen LogP contribution in [0.4, 0.5) is 0 Å². The fourth-order valence-corrected chi connectivity index (χ4v) is 6.78. The number of thioether (sulfide) groups is 1. The van der Waals surface area contributed by atoms with Crippen LogP contribution in [0, 0.1) is 11.8 Å². The fraction of sp³-hybridized carbons (Fsp3) is 0.583. The summed E-state index contributed by atoms with van der Waals surface area (Å²) in [6.45, 7) is 4.61. The lowest BCUT2D eigenvalue weighted by Gasteiger charge is -2.47. The maximum Gasteiger partial charge on any atom is 0.239 e. The molecule has 2 N–H and O–H groups in total. The van der Waals surface area contributed by atoms with Gasteiger partial charge in [0.25, 0.3) is 0 Å². The molecular formula is C24H32N4O5S. The van der Waals surface area contributed by atoms with Crippen LogP contribution in [0.3, 0.4) is 0 Å². The third kappa shape index (κ3) is 4.34. The van der Waals surface area contributed by atoms with Crippen LogP contribution >= 0.6 is 11.8 Å². The molecule has 6 atom stereocenters. The van der Waals surface area contributed by atoms with E-state index >= 15 is 0 Å². The van der Waals surface area contributed by atoms with Gasteiger partial charge in [0.05, 0.1) is 42.2 Å². The number of carboxylic acids is 1. The Morgan fingerprint density at radius 2 is 2.15 bits per heavy atom. The third-order valence-electron chi connectivity index (χ3n) is 7.23. The minimum absolute atomic E-state index is 0.000115. The number of aliphatic carboxylic acids is 1. The van der Waals surface area contributed by atoms with Crippen molar-refractivity contribution in [2.75, 3.05) is 20.1 Å². The number of nitrogens with one attached hydrogen (secondary N) is 1. The second kappa shape index (κ2) is 9.67. The molecule has 0 aromatic carbocycles. The number of likely N-dealkylation sites (N-methyl/N-ethyl adjacent to an activating group) is 1. The molecule has 9 nitrogen and oxygen atoms in total. The summed E-state index contributed by atoms with van der Waals surface area (Å²) < 4.78 is 2.04. The highest BCUT2D eigenvalue weighted by molar-refractivity contribution is 8.03. The number of aliphatic hydroxyl groups excluding tert-OH is 1. The molecule has 34 heavy (non-hydrogen) atoms. The number of hydrogen-bond donors (Lipinski definition) is 2. The third-order valence-corrected chi connectivity index (χ3v) is 8.74. The van der Waals surface area contributed by atoms with Crippen molar-refractivity contribution in [3.8, 4) is 0 Å². The number of carboxylic acid groups (broad SMARTS) is 1. The molecule has 1 aromatic heterocycles. The summed E-state index contributed by atoms with van der Waals surface area (Å²) in [6.07, 6.45) is 2.46. The summed E-state index contributed by atoms with van der Waals surface area (Å²) in [5, 5.41) is 25.2. The van der Waals surface area contributed by atoms with Crippen molar-refractivity contribution in [3.63, 3.8) is 0 Å². The van der Waals surface area contributed by atoms with Crippen LogP contribution in [0.25, 0.3) is 0 Å². The average molecular weight is 489 g/mol. The highest BCUT2D eigenvalue weighted by atomic mass is 32.2. The molecule has 10 heteroatoms. The molecule has 4 heterocycles. The van der Waals surface area contributed by atoms with Gasteiger partial charge in [-0.3, -0.25) is 9.59 Å². The zero-order valence-electron chi connectivity index (χ0n) is 19.9. The van der Waals surface area contributed by atoms with Gasteiger partial charge >= 0.3 is 0 Å². The van der Waals surface area contributed by atoms with E-state index in [4.69, 9.17) is 0 Å². The molecule has 2 fully saturated rings. The first-order valence-corrected chi connectivity index (χ1v) is 12.5. The van der Waals surface area contributed by atoms with Crippen LogP contribution in [-0.2, 0) is 27.9 Å². The van der Waals surface area contributed by atoms with Crippen LogP contribution in [0.15, 0.2) is 35.0 Å². The Morgan fingerprint density at radius 1 is 1.41 bits per heavy atom. The number of rotatable bonds is 8. The molecule has 0 aliphatic carbocycles. The molecule has 0 saturated carbocycles. The van der Waals surface area contributed by atoms with E-state index in [1.807, 2.05) is 42.9 Å². The molecule has 0 radical (unpaired) electrons. The maximum absolute atomic E-state index is 13.0. The van der Waals surface area contributed by atoms with Crippen molar-refractivity contribution in [3.05, 3.63) is 40.7 Å². The van der Waals surface area contributed by atoms with Crippen LogP contribution in [0.5, 0.6) is 0 Å². The Balaban J connectivity index is 1.38. The van der Waals surface area contributed by atoms with Gasteiger partial charge < -0.3 is 30.1 Å². The normalized spacial score (nSPS) is 29.1. The number of pyridine rings is 1. The maximum atomic E-state index is 13.0. The van der Waals surface area contributed by atoms with Crippen molar-refractivity contribution in [1.29, 1.82) is 0 Å². The number of carbonyl (C=O) groups is 3. The number of hydrogen-bond acceptors (Lipinski definition) is 7. The van der Waals surface area contributed by atoms with Crippen LogP contribution in [0.1, 0.15) is 26.0 Å². The zero-order chi connectivity index (χ0) is 24.7. The quantitative estimate of drug-likeness (QED) is 0.349. The van der Waals surface area contributed by atoms with E-state index in [-0.39, 0.29) is 40.8 Å². The van der Waals surface area contributed by atoms with Gasteiger partial charge in [-0.15, -0.1) is 11.8 Å². The van der Waals surface area contributed by atoms with Crippen LogP contribution < -0.4 is 15.0 Å². The molecule has 0 bridgehead atoms. The van der Waals surface area contributed by atoms with Gasteiger partial charge in [-0.1, -0.05) is 13.0 Å². The smallest absolute Gasteiger partial charge is 0.239 e. The van der Waals surface area contributed by atoms with E-state index in [9.17, 15) is 24.6 Å². The number of fused-ring (bicyclic) bond motifs is 1. The number of aliphatic hydroxyl groups is 1. The Labute approximate surface area is 203 Å². The summed E-state index contributed by atoms with van der Waals surface area (Å²) in [6, 6.07) is 5.30. The molecule has 184 valence electrons. The number of nitrogens with zero attached hydrogens (tertiary/aromatic N) is 3. The Kier molecular flexibility index (Phi) is 7.02. The molecule has 3 aliphatic rings. The zero-order valence-corrected chi connectivity index (χ0v) is 20.7. The first-order valence-electron chi connectivity index (χ1n) is 11.7. The number of carbonyl (C=O) groups excluding carboxylic acids is 3. The predicted octanol–water partition coefficient (Wildman–Crippen LogP) is -1.21. The molecule has 3 aliphatic heterocycles. The largest absolute Gasteiger partial charge is 0.543 e. The van der Waals surface area contributed by atoms with Gasteiger partial charge in [-0.25, -0.2) is 4.57 Å². The standard InChI is InChI=1S/C24H32N4O5S/c1-13-19-18(14(2)29)23(31)28(19)20(24(32)33)21(13)34-16-11-17(25-12-16)22(30)27(4)10-8-15-7-5-6-9-26(15)3/h5-7,9,13-14,16-19,25,29H,8,10-12H2,1-4H3/t13-,14?,16+,17+,18-,19-/m1/s1. The van der Waals surface area contributed by atoms with Crippen LogP contribution in [0.2, 0.25) is 0 Å². The summed E-state index contributed by atoms with van der Waals surface area (Å²) >= 11 is 1.41. The summed E-state index contributed by atoms with van der Waals surface area (Å²) in [5.74, 6) is -2.53. The second-order valence-corrected chi connectivity index (χ2v) is 10.8. The Hall–Kier alpha value is -2.43. The van der Waals surface area contributed by atoms with Gasteiger partial charge in [0.2, 0.25) is 11.8 Å². The lowest BCUT2D eigenvalue weighted by molar-refractivity contribution is -0.679. The Bertz CT molecular complexity index is 1030. The number of aryl methyl sites for hydroxylation is 1. The Morgan fingerprint density at radius 3 is 2.79 bits per heavy atom. The monoisotopic (exact) mass is 488 g/mol. The van der Waals surface area contributed by atoms with Crippen molar-refractivity contribution in [1.82, 2.24) is 15.1 Å². The lowest BCUT2D eigenvalue weighted by Crippen LogP contribution is -2.64. The van der Waals surface area contributed by atoms with E-state index in [0.717, 1.165) is 12.1 Å². The van der Waals surface area contributed by atoms with E-state index < -0.39 is 18.0 Å².